The molecule has 0 spiro atoms. The van der Waals surface area contributed by atoms with E-state index in [2.05, 4.69) is 10.3 Å². The summed E-state index contributed by atoms with van der Waals surface area (Å²) in [5.41, 5.74) is 0.964. The number of halogens is 2. The van der Waals surface area contributed by atoms with E-state index < -0.39 is 11.9 Å². The summed E-state index contributed by atoms with van der Waals surface area (Å²) in [5.74, 6) is -1.65. The lowest BCUT2D eigenvalue weighted by Gasteiger charge is -2.05. The lowest BCUT2D eigenvalue weighted by atomic mass is 10.3. The predicted molar refractivity (Wildman–Crippen MR) is 75.9 cm³/mol. The van der Waals surface area contributed by atoms with Gasteiger partial charge in [0.25, 0.3) is 5.91 Å². The van der Waals surface area contributed by atoms with Gasteiger partial charge in [-0.15, -0.1) is 0 Å². The maximum atomic E-state index is 12.1. The molecule has 0 fully saturated rings. The van der Waals surface area contributed by atoms with Crippen molar-refractivity contribution in [2.75, 3.05) is 5.32 Å². The SMILES string of the molecule is Cc1cc(NC(=O)c2cc(Cl)c(Cl)n2C)c(C(=O)O)[nH]1. The molecule has 3 N–H and O–H groups in total. The molecule has 0 saturated heterocycles. The molecule has 0 saturated carbocycles. The number of H-pyrrole nitrogens is 1. The molecule has 1 amide bonds. The summed E-state index contributed by atoms with van der Waals surface area (Å²) in [7, 11) is 1.59. The molecule has 0 aromatic carbocycles. The van der Waals surface area contributed by atoms with Crippen LogP contribution in [0.3, 0.4) is 0 Å². The Labute approximate surface area is 124 Å². The van der Waals surface area contributed by atoms with E-state index in [0.29, 0.717) is 5.69 Å². The Morgan fingerprint density at radius 3 is 2.50 bits per heavy atom. The third-order valence-electron chi connectivity index (χ3n) is 2.76. The van der Waals surface area contributed by atoms with Gasteiger partial charge < -0.3 is 20.0 Å². The molecule has 0 aliphatic carbocycles. The fourth-order valence-corrected chi connectivity index (χ4v) is 2.18. The van der Waals surface area contributed by atoms with Crippen LogP contribution in [0.2, 0.25) is 10.2 Å². The number of hydrogen-bond acceptors (Lipinski definition) is 2. The van der Waals surface area contributed by atoms with Crippen molar-refractivity contribution in [1.82, 2.24) is 9.55 Å². The van der Waals surface area contributed by atoms with E-state index in [1.165, 1.54) is 16.7 Å². The summed E-state index contributed by atoms with van der Waals surface area (Å²) < 4.78 is 1.42. The van der Waals surface area contributed by atoms with Gasteiger partial charge in [-0.25, -0.2) is 4.79 Å². The van der Waals surface area contributed by atoms with Crippen LogP contribution in [0.4, 0.5) is 5.69 Å². The van der Waals surface area contributed by atoms with Gasteiger partial charge in [-0.1, -0.05) is 23.2 Å². The molecule has 2 aromatic heterocycles. The zero-order chi connectivity index (χ0) is 15.0. The number of carboxylic acid groups (broad SMARTS) is 1. The van der Waals surface area contributed by atoms with Crippen molar-refractivity contribution < 1.29 is 14.7 Å². The largest absolute Gasteiger partial charge is 0.477 e. The Kier molecular flexibility index (Phi) is 3.78. The third-order valence-corrected chi connectivity index (χ3v) is 3.61. The number of aromatic nitrogens is 2. The van der Waals surface area contributed by atoms with Crippen molar-refractivity contribution in [3.8, 4) is 0 Å². The molecule has 0 unspecified atom stereocenters. The second-order valence-corrected chi connectivity index (χ2v) is 4.99. The van der Waals surface area contributed by atoms with Gasteiger partial charge in [0.15, 0.2) is 0 Å². The van der Waals surface area contributed by atoms with Crippen LogP contribution in [0.15, 0.2) is 12.1 Å². The minimum absolute atomic E-state index is 0.0812. The highest BCUT2D eigenvalue weighted by Gasteiger charge is 2.19. The average molecular weight is 316 g/mol. The van der Waals surface area contributed by atoms with Gasteiger partial charge in [0, 0.05) is 12.7 Å². The van der Waals surface area contributed by atoms with Gasteiger partial charge in [-0.3, -0.25) is 4.79 Å². The van der Waals surface area contributed by atoms with Crippen LogP contribution in [-0.4, -0.2) is 26.5 Å². The zero-order valence-electron chi connectivity index (χ0n) is 10.6. The summed E-state index contributed by atoms with van der Waals surface area (Å²) in [4.78, 5) is 25.8. The smallest absolute Gasteiger partial charge is 0.354 e. The number of amides is 1. The van der Waals surface area contributed by atoms with Crippen LogP contribution in [0.1, 0.15) is 26.7 Å². The first-order chi connectivity index (χ1) is 9.31. The Balaban J connectivity index is 2.32. The fraction of sp³-hybridized carbons (Fsp3) is 0.167. The number of aromatic amines is 1. The molecule has 0 radical (unpaired) electrons. The summed E-state index contributed by atoms with van der Waals surface area (Å²) >= 11 is 11.7. The number of aryl methyl sites for hydroxylation is 1. The lowest BCUT2D eigenvalue weighted by molar-refractivity contribution is 0.0692. The van der Waals surface area contributed by atoms with Crippen molar-refractivity contribution in [3.05, 3.63) is 39.4 Å². The topological polar surface area (TPSA) is 87.1 Å². The van der Waals surface area contributed by atoms with Crippen molar-refractivity contribution in [2.24, 2.45) is 7.05 Å². The van der Waals surface area contributed by atoms with Crippen LogP contribution in [-0.2, 0) is 7.05 Å². The fourth-order valence-electron chi connectivity index (χ4n) is 1.80. The first kappa shape index (κ1) is 14.5. The standard InChI is InChI=1S/C12H11Cl2N3O3/c1-5-3-7(9(15-5)12(19)20)16-11(18)8-4-6(13)10(14)17(8)2/h3-4,15H,1-2H3,(H,16,18)(H,19,20). The van der Waals surface area contributed by atoms with Crippen molar-refractivity contribution in [1.29, 1.82) is 0 Å². The highest BCUT2D eigenvalue weighted by atomic mass is 35.5. The van der Waals surface area contributed by atoms with Crippen LogP contribution >= 0.6 is 23.2 Å². The van der Waals surface area contributed by atoms with E-state index in [4.69, 9.17) is 28.3 Å². The highest BCUT2D eigenvalue weighted by Crippen LogP contribution is 2.26. The van der Waals surface area contributed by atoms with Gasteiger partial charge in [0.05, 0.1) is 10.7 Å². The number of rotatable bonds is 3. The first-order valence-electron chi connectivity index (χ1n) is 5.56. The second kappa shape index (κ2) is 5.22. The van der Waals surface area contributed by atoms with Crippen LogP contribution in [0, 0.1) is 6.92 Å². The van der Waals surface area contributed by atoms with Gasteiger partial charge in [-0.05, 0) is 19.1 Å². The minimum atomic E-state index is -1.16. The molecule has 2 heterocycles. The van der Waals surface area contributed by atoms with Crippen molar-refractivity contribution in [2.45, 2.75) is 6.92 Å². The maximum Gasteiger partial charge on any atom is 0.354 e. The van der Waals surface area contributed by atoms with Gasteiger partial charge >= 0.3 is 5.97 Å². The van der Waals surface area contributed by atoms with E-state index >= 15 is 0 Å². The second-order valence-electron chi connectivity index (χ2n) is 4.23. The van der Waals surface area contributed by atoms with E-state index in [-0.39, 0.29) is 27.3 Å². The number of carbonyl (C=O) groups excluding carboxylic acids is 1. The molecule has 8 heteroatoms. The number of hydrogen-bond donors (Lipinski definition) is 3. The van der Waals surface area contributed by atoms with Gasteiger partial charge in [0.2, 0.25) is 0 Å². The third kappa shape index (κ3) is 2.52. The van der Waals surface area contributed by atoms with Crippen LogP contribution in [0.5, 0.6) is 0 Å². The monoisotopic (exact) mass is 315 g/mol. The highest BCUT2D eigenvalue weighted by molar-refractivity contribution is 6.42. The molecule has 0 aliphatic heterocycles. The number of nitrogens with one attached hydrogen (secondary N) is 2. The quantitative estimate of drug-likeness (QED) is 0.813. The van der Waals surface area contributed by atoms with Gasteiger partial charge in [0.1, 0.15) is 16.5 Å². The van der Waals surface area contributed by atoms with Crippen molar-refractivity contribution >= 4 is 40.8 Å². The number of carboxylic acids is 1. The Bertz CT molecular complexity index is 703. The lowest BCUT2D eigenvalue weighted by Crippen LogP contribution is -2.17. The van der Waals surface area contributed by atoms with Crippen LogP contribution < -0.4 is 5.32 Å². The maximum absolute atomic E-state index is 12.1. The first-order valence-corrected chi connectivity index (χ1v) is 6.31. The Hall–Kier alpha value is -1.92. The molecule has 106 valence electrons. The van der Waals surface area contributed by atoms with E-state index in [9.17, 15) is 9.59 Å². The summed E-state index contributed by atoms with van der Waals surface area (Å²) in [6.45, 7) is 1.69. The molecule has 6 nitrogen and oxygen atoms in total. The molecule has 20 heavy (non-hydrogen) atoms. The zero-order valence-corrected chi connectivity index (χ0v) is 12.1. The summed E-state index contributed by atoms with van der Waals surface area (Å²) in [6, 6.07) is 2.95. The summed E-state index contributed by atoms with van der Waals surface area (Å²) in [5, 5.41) is 12.0. The Morgan fingerprint density at radius 1 is 1.35 bits per heavy atom. The molecule has 0 atom stereocenters. The van der Waals surface area contributed by atoms with E-state index in [1.54, 1.807) is 14.0 Å². The van der Waals surface area contributed by atoms with Crippen LogP contribution in [0.25, 0.3) is 0 Å². The molecule has 0 aliphatic rings. The van der Waals surface area contributed by atoms with E-state index in [1.807, 2.05) is 0 Å². The number of aromatic carboxylic acids is 1. The number of nitrogens with zero attached hydrogens (tertiary/aromatic N) is 1. The normalized spacial score (nSPS) is 10.6. The van der Waals surface area contributed by atoms with Crippen molar-refractivity contribution in [3.63, 3.8) is 0 Å². The number of carbonyl (C=O) groups is 2. The molecule has 2 rings (SSSR count). The summed E-state index contributed by atoms with van der Waals surface area (Å²) in [6.07, 6.45) is 0. The molecular formula is C12H11Cl2N3O3. The van der Waals surface area contributed by atoms with Gasteiger partial charge in [-0.2, -0.15) is 0 Å². The molecular weight excluding hydrogens is 305 g/mol. The molecule has 2 aromatic rings. The Morgan fingerprint density at radius 2 is 2.00 bits per heavy atom. The average Bonchev–Trinajstić information content (AvgIpc) is 2.85. The molecule has 0 bridgehead atoms. The number of anilines is 1. The minimum Gasteiger partial charge on any atom is -0.477 e. The predicted octanol–water partition coefficient (Wildman–Crippen LogP) is 2.92. The van der Waals surface area contributed by atoms with E-state index in [0.717, 1.165) is 0 Å².